The average molecular weight is 255 g/mol. The van der Waals surface area contributed by atoms with E-state index in [1.54, 1.807) is 0 Å². The van der Waals surface area contributed by atoms with Crippen molar-refractivity contribution < 1.29 is 24.9 Å². The van der Waals surface area contributed by atoms with E-state index < -0.39 is 0 Å². The van der Waals surface area contributed by atoms with Crippen LogP contribution in [-0.4, -0.2) is 9.93 Å². The molecule has 6 heavy (non-hydrogen) atoms. The summed E-state index contributed by atoms with van der Waals surface area (Å²) < 4.78 is 1.34. The summed E-state index contributed by atoms with van der Waals surface area (Å²) in [5.74, 6) is 0. The maximum absolute atomic E-state index is 8.28. The summed E-state index contributed by atoms with van der Waals surface area (Å²) in [6, 6.07) is 0. The topological polar surface area (TPSA) is 20.2 Å². The summed E-state index contributed by atoms with van der Waals surface area (Å²) in [7, 11) is 0. The Bertz CT molecular complexity index is 19.5. The molecule has 0 aromatic heterocycles. The van der Waals surface area contributed by atoms with Crippen LogP contribution < -0.4 is 0 Å². The molecule has 0 heterocycles. The molecule has 0 saturated heterocycles. The molecule has 37 valence electrons. The van der Waals surface area contributed by atoms with Crippen molar-refractivity contribution in [3.8, 4) is 0 Å². The third kappa shape index (κ3) is 4.70. The molecule has 0 aliphatic rings. The molecule has 0 atom stereocenters. The summed E-state index contributed by atoms with van der Waals surface area (Å²) in [5, 5.41) is 8.28. The number of hydrogen-bond donors (Lipinski definition) is 1. The zero-order valence-electron chi connectivity index (χ0n) is 4.02. The van der Waals surface area contributed by atoms with Crippen molar-refractivity contribution in [2.45, 2.75) is 18.0 Å². The van der Waals surface area contributed by atoms with E-state index in [0.717, 1.165) is 0 Å². The fourth-order valence-electron chi connectivity index (χ4n) is 0.229. The second kappa shape index (κ2) is 5.70. The van der Waals surface area contributed by atoms with Crippen LogP contribution in [0, 0.1) is 0 Å². The van der Waals surface area contributed by atoms with Gasteiger partial charge >= 0.3 is 47.7 Å². The van der Waals surface area contributed by atoms with Crippen molar-refractivity contribution in [1.29, 1.82) is 0 Å². The average Bonchev–Trinajstić information content (AvgIpc) is 1.61. The standard InChI is InChI=1S/C3H7.CH3O.Ta/c1-3-2;1-2;/h1,3H2,2H3;2H,1H2;. The third-order valence-electron chi connectivity index (χ3n) is 0.482. The Morgan fingerprint density at radius 2 is 2.33 bits per heavy atom. The fraction of sp³-hybridized carbons (Fsp3) is 1.00. The van der Waals surface area contributed by atoms with E-state index >= 15 is 0 Å². The first-order valence-corrected chi connectivity index (χ1v) is 6.70. The van der Waals surface area contributed by atoms with E-state index in [1.165, 1.54) is 11.1 Å². The molecule has 1 nitrogen and oxygen atoms in total. The van der Waals surface area contributed by atoms with E-state index in [-0.39, 0.29) is 19.8 Å². The molecule has 0 bridgehead atoms. The van der Waals surface area contributed by atoms with Gasteiger partial charge in [0.15, 0.2) is 0 Å². The molecule has 0 aliphatic carbocycles. The second-order valence-electron chi connectivity index (χ2n) is 1.09. The van der Waals surface area contributed by atoms with E-state index in [2.05, 4.69) is 6.92 Å². The van der Waals surface area contributed by atoms with Crippen LogP contribution in [0.5, 0.6) is 0 Å². The Morgan fingerprint density at radius 1 is 1.67 bits per heavy atom. The van der Waals surface area contributed by atoms with Crippen LogP contribution in [0.3, 0.4) is 0 Å². The molecule has 0 amide bonds. The number of aliphatic hydroxyl groups excluding tert-OH is 1. The summed E-state index contributed by atoms with van der Waals surface area (Å²) in [6.45, 7) is 2.17. The normalized spacial score (nSPS) is 8.33. The van der Waals surface area contributed by atoms with Crippen LogP contribution in [0.2, 0.25) is 4.64 Å². The van der Waals surface area contributed by atoms with Gasteiger partial charge in [0.2, 0.25) is 0 Å². The van der Waals surface area contributed by atoms with Gasteiger partial charge in [0.05, 0.1) is 0 Å². The minimum atomic E-state index is -0.320. The predicted octanol–water partition coefficient (Wildman–Crippen LogP) is 0.847. The molecule has 0 aromatic rings. The second-order valence-corrected chi connectivity index (χ2v) is 5.32. The molecule has 0 aromatic carbocycles. The van der Waals surface area contributed by atoms with E-state index in [9.17, 15) is 0 Å². The molecule has 0 rings (SSSR count). The third-order valence-corrected chi connectivity index (χ3v) is 3.94. The van der Waals surface area contributed by atoms with Gasteiger partial charge in [0.1, 0.15) is 0 Å². The first kappa shape index (κ1) is 6.70. The van der Waals surface area contributed by atoms with Crippen LogP contribution in [0.1, 0.15) is 13.3 Å². The molecular weight excluding hydrogens is 245 g/mol. The first-order chi connectivity index (χ1) is 2.91. The molecular formula is C4H10OTa. The number of hydrogen-bond acceptors (Lipinski definition) is 1. The molecule has 1 N–H and O–H groups in total. The van der Waals surface area contributed by atoms with Crippen LogP contribution in [0.15, 0.2) is 0 Å². The summed E-state index contributed by atoms with van der Waals surface area (Å²) in [6.07, 6.45) is 1.28. The van der Waals surface area contributed by atoms with Crippen molar-refractivity contribution in [1.82, 2.24) is 0 Å². The van der Waals surface area contributed by atoms with Crippen molar-refractivity contribution in [2.75, 3.05) is 4.82 Å². The zero-order chi connectivity index (χ0) is 4.83. The Morgan fingerprint density at radius 3 is 2.50 bits per heavy atom. The molecule has 2 heteroatoms. The Kier molecular flexibility index (Phi) is 6.37. The van der Waals surface area contributed by atoms with Crippen molar-refractivity contribution >= 4 is 0 Å². The van der Waals surface area contributed by atoms with Crippen LogP contribution in [-0.2, 0) is 19.8 Å². The number of aliphatic hydroxyl groups is 1. The van der Waals surface area contributed by atoms with Crippen LogP contribution in [0.4, 0.5) is 0 Å². The zero-order valence-corrected chi connectivity index (χ0v) is 7.23. The van der Waals surface area contributed by atoms with E-state index in [1.807, 2.05) is 0 Å². The van der Waals surface area contributed by atoms with Gasteiger partial charge in [-0.2, -0.15) is 0 Å². The summed E-state index contributed by atoms with van der Waals surface area (Å²) >= 11 is -0.320. The summed E-state index contributed by atoms with van der Waals surface area (Å²) in [4.78, 5) is 0.536. The molecule has 0 fully saturated rings. The minimum absolute atomic E-state index is 0.320. The van der Waals surface area contributed by atoms with Gasteiger partial charge in [-0.1, -0.05) is 0 Å². The monoisotopic (exact) mass is 255 g/mol. The molecule has 0 saturated carbocycles. The van der Waals surface area contributed by atoms with Gasteiger partial charge in [0.25, 0.3) is 0 Å². The Balaban J connectivity index is 2.34. The van der Waals surface area contributed by atoms with Crippen molar-refractivity contribution in [3.63, 3.8) is 0 Å². The maximum atomic E-state index is 8.28. The first-order valence-electron chi connectivity index (χ1n) is 2.16. The van der Waals surface area contributed by atoms with Crippen LogP contribution >= 0.6 is 0 Å². The number of rotatable bonds is 3. The van der Waals surface area contributed by atoms with E-state index in [0.29, 0.717) is 4.82 Å². The van der Waals surface area contributed by atoms with Gasteiger partial charge < -0.3 is 0 Å². The van der Waals surface area contributed by atoms with Gasteiger partial charge in [-0.3, -0.25) is 0 Å². The summed E-state index contributed by atoms with van der Waals surface area (Å²) in [5.41, 5.74) is 0. The van der Waals surface area contributed by atoms with E-state index in [4.69, 9.17) is 5.11 Å². The predicted molar refractivity (Wildman–Crippen MR) is 22.2 cm³/mol. The Labute approximate surface area is 48.1 Å². The quantitative estimate of drug-likeness (QED) is 0.741. The molecule has 0 unspecified atom stereocenters. The fourth-order valence-corrected chi connectivity index (χ4v) is 1.87. The van der Waals surface area contributed by atoms with Gasteiger partial charge in [-0.15, -0.1) is 0 Å². The van der Waals surface area contributed by atoms with Crippen molar-refractivity contribution in [3.05, 3.63) is 0 Å². The van der Waals surface area contributed by atoms with Gasteiger partial charge in [-0.05, 0) is 0 Å². The van der Waals surface area contributed by atoms with Gasteiger partial charge in [0, 0.05) is 0 Å². The SMILES string of the molecule is CC[CH2][Ta][CH2]O. The molecule has 0 radical (unpaired) electrons. The van der Waals surface area contributed by atoms with Crippen LogP contribution in [0.25, 0.3) is 0 Å². The Hall–Kier alpha value is 0.700. The van der Waals surface area contributed by atoms with Crippen molar-refractivity contribution in [2.24, 2.45) is 0 Å². The molecule has 0 aliphatic heterocycles. The van der Waals surface area contributed by atoms with Gasteiger partial charge in [-0.25, -0.2) is 0 Å². The molecule has 0 spiro atoms.